The van der Waals surface area contributed by atoms with E-state index >= 15 is 0 Å². The molecule has 9 heteroatoms. The molecule has 1 fully saturated rings. The molecule has 2 amide bonds. The molecule has 1 saturated heterocycles. The van der Waals surface area contributed by atoms with Crippen molar-refractivity contribution in [2.45, 2.75) is 32.0 Å². The van der Waals surface area contributed by atoms with Crippen LogP contribution in [0.3, 0.4) is 0 Å². The maximum atomic E-state index is 12.2. The van der Waals surface area contributed by atoms with Gasteiger partial charge in [0.2, 0.25) is 11.8 Å². The van der Waals surface area contributed by atoms with Crippen molar-refractivity contribution in [1.82, 2.24) is 10.2 Å². The van der Waals surface area contributed by atoms with Gasteiger partial charge in [-0.15, -0.1) is 0 Å². The third-order valence-corrected chi connectivity index (χ3v) is 2.93. The predicted octanol–water partition coefficient (Wildman–Crippen LogP) is 0.377. The molecule has 2 N–H and O–H groups in total. The molecular weight excluding hydrogens is 281 g/mol. The van der Waals surface area contributed by atoms with Crippen LogP contribution in [0.4, 0.5) is 13.2 Å². The van der Waals surface area contributed by atoms with Gasteiger partial charge in [-0.1, -0.05) is 0 Å². The number of carbonyl (C=O) groups is 3. The summed E-state index contributed by atoms with van der Waals surface area (Å²) in [7, 11) is 0. The van der Waals surface area contributed by atoms with Crippen molar-refractivity contribution in [3.8, 4) is 0 Å². The summed E-state index contributed by atoms with van der Waals surface area (Å²) in [5.41, 5.74) is -1.54. The summed E-state index contributed by atoms with van der Waals surface area (Å²) in [6, 6.07) is 0. The first kappa shape index (κ1) is 16.3. The number of amides is 2. The second-order valence-electron chi connectivity index (χ2n) is 5.21. The van der Waals surface area contributed by atoms with Gasteiger partial charge in [-0.2, -0.15) is 13.2 Å². The van der Waals surface area contributed by atoms with E-state index in [9.17, 15) is 27.6 Å². The van der Waals surface area contributed by atoms with Gasteiger partial charge in [-0.3, -0.25) is 9.59 Å². The number of carboxylic acids is 1. The maximum Gasteiger partial charge on any atom is 0.406 e. The van der Waals surface area contributed by atoms with Gasteiger partial charge in [0.15, 0.2) is 0 Å². The molecule has 0 aromatic carbocycles. The Kier molecular flexibility index (Phi) is 4.30. The van der Waals surface area contributed by atoms with Crippen LogP contribution < -0.4 is 5.32 Å². The van der Waals surface area contributed by atoms with E-state index in [4.69, 9.17) is 5.11 Å². The monoisotopic (exact) mass is 296 g/mol. The topological polar surface area (TPSA) is 86.7 Å². The van der Waals surface area contributed by atoms with Crippen LogP contribution in [0.25, 0.3) is 0 Å². The lowest BCUT2D eigenvalue weighted by Crippen LogP contribution is -2.51. The lowest BCUT2D eigenvalue weighted by atomic mass is 10.0. The number of rotatable bonds is 4. The van der Waals surface area contributed by atoms with Crippen LogP contribution >= 0.6 is 0 Å². The Balaban J connectivity index is 2.65. The highest BCUT2D eigenvalue weighted by molar-refractivity contribution is 5.92. The van der Waals surface area contributed by atoms with E-state index in [1.54, 1.807) is 0 Å². The highest BCUT2D eigenvalue weighted by Crippen LogP contribution is 2.24. The number of hydrogen-bond donors (Lipinski definition) is 2. The molecule has 1 unspecified atom stereocenters. The summed E-state index contributed by atoms with van der Waals surface area (Å²) >= 11 is 0. The summed E-state index contributed by atoms with van der Waals surface area (Å²) in [6.07, 6.45) is -4.88. The van der Waals surface area contributed by atoms with Gasteiger partial charge in [-0.05, 0) is 13.8 Å². The summed E-state index contributed by atoms with van der Waals surface area (Å²) in [5.74, 6) is -3.75. The van der Waals surface area contributed by atoms with Gasteiger partial charge in [0.1, 0.15) is 12.1 Å². The molecule has 1 heterocycles. The number of aliphatic carboxylic acids is 1. The van der Waals surface area contributed by atoms with Crippen molar-refractivity contribution in [2.75, 3.05) is 13.1 Å². The van der Waals surface area contributed by atoms with Crippen molar-refractivity contribution >= 4 is 17.8 Å². The van der Waals surface area contributed by atoms with Crippen LogP contribution in [-0.4, -0.2) is 52.6 Å². The molecule has 1 aliphatic heterocycles. The molecule has 0 saturated carbocycles. The fourth-order valence-corrected chi connectivity index (χ4v) is 1.78. The van der Waals surface area contributed by atoms with E-state index in [1.165, 1.54) is 13.8 Å². The molecule has 0 radical (unpaired) electrons. The summed E-state index contributed by atoms with van der Waals surface area (Å²) in [4.78, 5) is 34.6. The Morgan fingerprint density at radius 3 is 2.40 bits per heavy atom. The number of alkyl halides is 3. The second-order valence-corrected chi connectivity index (χ2v) is 5.21. The minimum absolute atomic E-state index is 0.350. The molecule has 1 rings (SSSR count). The number of carboxylic acid groups (broad SMARTS) is 1. The Hall–Kier alpha value is -1.80. The molecule has 0 spiro atoms. The molecule has 6 nitrogen and oxygen atoms in total. The first-order chi connectivity index (χ1) is 8.92. The Labute approximate surface area is 112 Å². The lowest BCUT2D eigenvalue weighted by molar-refractivity contribution is -0.157. The van der Waals surface area contributed by atoms with E-state index < -0.39 is 42.0 Å². The molecule has 0 bridgehead atoms. The van der Waals surface area contributed by atoms with Crippen LogP contribution in [0.5, 0.6) is 0 Å². The van der Waals surface area contributed by atoms with Crippen LogP contribution in [0.15, 0.2) is 0 Å². The van der Waals surface area contributed by atoms with E-state index in [0.717, 1.165) is 0 Å². The quantitative estimate of drug-likeness (QED) is 0.785. The standard InChI is InChI=1S/C11H15F3N2O4/c1-10(2,9(19)20)15-8(18)6-3-7(17)16(4-6)5-11(12,13)14/h6H,3-5H2,1-2H3,(H,15,18)(H,19,20). The van der Waals surface area contributed by atoms with Gasteiger partial charge in [0.25, 0.3) is 0 Å². The van der Waals surface area contributed by atoms with Gasteiger partial charge >= 0.3 is 12.1 Å². The molecule has 1 aliphatic rings. The second kappa shape index (κ2) is 5.29. The number of nitrogens with one attached hydrogen (secondary N) is 1. The van der Waals surface area contributed by atoms with Crippen molar-refractivity contribution in [1.29, 1.82) is 0 Å². The largest absolute Gasteiger partial charge is 0.480 e. The van der Waals surface area contributed by atoms with Crippen LogP contribution in [-0.2, 0) is 14.4 Å². The first-order valence-corrected chi connectivity index (χ1v) is 5.82. The van der Waals surface area contributed by atoms with Crippen LogP contribution in [0.2, 0.25) is 0 Å². The summed E-state index contributed by atoms with van der Waals surface area (Å²) in [5, 5.41) is 11.1. The van der Waals surface area contributed by atoms with Gasteiger partial charge in [-0.25, -0.2) is 4.79 Å². The Morgan fingerprint density at radius 1 is 1.40 bits per heavy atom. The van der Waals surface area contributed by atoms with Crippen molar-refractivity contribution in [3.63, 3.8) is 0 Å². The number of hydrogen-bond acceptors (Lipinski definition) is 3. The van der Waals surface area contributed by atoms with Crippen LogP contribution in [0, 0.1) is 5.92 Å². The lowest BCUT2D eigenvalue weighted by Gasteiger charge is -2.23. The van der Waals surface area contributed by atoms with E-state index in [1.807, 2.05) is 0 Å². The Bertz CT molecular complexity index is 434. The Morgan fingerprint density at radius 2 is 1.95 bits per heavy atom. The van der Waals surface area contributed by atoms with Gasteiger partial charge in [0.05, 0.1) is 5.92 Å². The highest BCUT2D eigenvalue weighted by Gasteiger charge is 2.42. The normalized spacial score (nSPS) is 20.1. The molecular formula is C11H15F3N2O4. The van der Waals surface area contributed by atoms with E-state index in [-0.39, 0.29) is 13.0 Å². The minimum Gasteiger partial charge on any atom is -0.480 e. The number of carbonyl (C=O) groups excluding carboxylic acids is 2. The third kappa shape index (κ3) is 4.10. The van der Waals surface area contributed by atoms with Gasteiger partial charge in [0, 0.05) is 13.0 Å². The minimum atomic E-state index is -4.53. The highest BCUT2D eigenvalue weighted by atomic mass is 19.4. The molecule has 0 aromatic rings. The zero-order valence-corrected chi connectivity index (χ0v) is 11.0. The smallest absolute Gasteiger partial charge is 0.406 e. The van der Waals surface area contributed by atoms with E-state index in [0.29, 0.717) is 4.90 Å². The van der Waals surface area contributed by atoms with Crippen molar-refractivity contribution in [2.24, 2.45) is 5.92 Å². The summed E-state index contributed by atoms with van der Waals surface area (Å²) < 4.78 is 36.6. The number of halogens is 3. The third-order valence-electron chi connectivity index (χ3n) is 2.93. The molecule has 0 aromatic heterocycles. The van der Waals surface area contributed by atoms with E-state index in [2.05, 4.69) is 5.32 Å². The van der Waals surface area contributed by atoms with Crippen molar-refractivity contribution < 1.29 is 32.7 Å². The van der Waals surface area contributed by atoms with Crippen LogP contribution in [0.1, 0.15) is 20.3 Å². The average Bonchev–Trinajstić information content (AvgIpc) is 2.57. The fraction of sp³-hybridized carbons (Fsp3) is 0.727. The molecule has 20 heavy (non-hydrogen) atoms. The maximum absolute atomic E-state index is 12.2. The number of likely N-dealkylation sites (tertiary alicyclic amines) is 1. The predicted molar refractivity (Wildman–Crippen MR) is 60.6 cm³/mol. The summed E-state index contributed by atoms with van der Waals surface area (Å²) in [6.45, 7) is 0.729. The zero-order chi connectivity index (χ0) is 15.7. The average molecular weight is 296 g/mol. The molecule has 1 atom stereocenters. The molecule has 0 aliphatic carbocycles. The zero-order valence-electron chi connectivity index (χ0n) is 11.0. The fourth-order valence-electron chi connectivity index (χ4n) is 1.78. The number of nitrogens with zero attached hydrogens (tertiary/aromatic N) is 1. The first-order valence-electron chi connectivity index (χ1n) is 5.82. The van der Waals surface area contributed by atoms with Gasteiger partial charge < -0.3 is 15.3 Å². The molecule has 114 valence electrons. The van der Waals surface area contributed by atoms with Crippen molar-refractivity contribution in [3.05, 3.63) is 0 Å². The SMILES string of the molecule is CC(C)(NC(=O)C1CC(=O)N(CC(F)(F)F)C1)C(=O)O.